The van der Waals surface area contributed by atoms with Gasteiger partial charge in [0, 0.05) is 22.8 Å². The first-order valence-electron chi connectivity index (χ1n) is 8.63. The summed E-state index contributed by atoms with van der Waals surface area (Å²) in [7, 11) is 0. The van der Waals surface area contributed by atoms with Crippen LogP contribution < -0.4 is 0 Å². The maximum absolute atomic E-state index is 9.64. The van der Waals surface area contributed by atoms with Gasteiger partial charge in [-0.2, -0.15) is 10.4 Å². The van der Waals surface area contributed by atoms with Gasteiger partial charge in [-0.25, -0.2) is 14.6 Å². The number of hydrogen-bond acceptors (Lipinski definition) is 6. The van der Waals surface area contributed by atoms with Crippen molar-refractivity contribution < 1.29 is 5.21 Å². The first-order chi connectivity index (χ1) is 13.6. The number of fused-ring (bicyclic) bond motifs is 1. The number of nitriles is 1. The van der Waals surface area contributed by atoms with Crippen LogP contribution in [0.25, 0.3) is 28.0 Å². The lowest BCUT2D eigenvalue weighted by atomic mass is 10.0. The Morgan fingerprint density at radius 1 is 1.14 bits per heavy atom. The number of hydrogen-bond donors (Lipinski definition) is 1. The smallest absolute Gasteiger partial charge is 0.153 e. The molecule has 3 aromatic heterocycles. The molecule has 4 aromatic rings. The molecular formula is C21H16N6O. The summed E-state index contributed by atoms with van der Waals surface area (Å²) in [4.78, 5) is 9.01. The van der Waals surface area contributed by atoms with Crippen LogP contribution in [0.4, 0.5) is 0 Å². The van der Waals surface area contributed by atoms with E-state index in [4.69, 9.17) is 5.21 Å². The number of oxime groups is 1. The highest BCUT2D eigenvalue weighted by molar-refractivity contribution is 5.97. The number of aromatic nitrogens is 4. The van der Waals surface area contributed by atoms with Gasteiger partial charge in [0.2, 0.25) is 0 Å². The monoisotopic (exact) mass is 368 g/mol. The lowest BCUT2D eigenvalue weighted by molar-refractivity contribution is 0.319. The normalized spacial score (nSPS) is 11.5. The van der Waals surface area contributed by atoms with Crippen molar-refractivity contribution in [3.63, 3.8) is 0 Å². The third kappa shape index (κ3) is 3.08. The van der Waals surface area contributed by atoms with Gasteiger partial charge in [-0.1, -0.05) is 17.3 Å². The lowest BCUT2D eigenvalue weighted by Gasteiger charge is -2.05. The third-order valence-electron chi connectivity index (χ3n) is 4.42. The van der Waals surface area contributed by atoms with E-state index in [-0.39, 0.29) is 0 Å². The van der Waals surface area contributed by atoms with Gasteiger partial charge in [0.25, 0.3) is 0 Å². The molecule has 0 aliphatic rings. The van der Waals surface area contributed by atoms with Crippen molar-refractivity contribution in [1.82, 2.24) is 19.7 Å². The van der Waals surface area contributed by atoms with E-state index < -0.39 is 0 Å². The van der Waals surface area contributed by atoms with Crippen molar-refractivity contribution >= 4 is 16.6 Å². The number of nitrogens with zero attached hydrogens (tertiary/aromatic N) is 6. The second-order valence-electron chi connectivity index (χ2n) is 6.37. The third-order valence-corrected chi connectivity index (χ3v) is 4.42. The van der Waals surface area contributed by atoms with E-state index in [1.165, 1.54) is 0 Å². The van der Waals surface area contributed by atoms with E-state index in [0.29, 0.717) is 34.0 Å². The lowest BCUT2D eigenvalue weighted by Crippen LogP contribution is -1.99. The highest BCUT2D eigenvalue weighted by atomic mass is 16.4. The molecule has 0 amide bonds. The number of benzene rings is 1. The van der Waals surface area contributed by atoms with Crippen molar-refractivity contribution in [3.05, 3.63) is 71.7 Å². The predicted molar refractivity (Wildman–Crippen MR) is 106 cm³/mol. The second-order valence-corrected chi connectivity index (χ2v) is 6.37. The zero-order valence-electron chi connectivity index (χ0n) is 15.3. The summed E-state index contributed by atoms with van der Waals surface area (Å²) in [5.41, 5.74) is 4.48. The number of rotatable bonds is 3. The molecule has 1 aromatic carbocycles. The molecule has 7 nitrogen and oxygen atoms in total. The molecular weight excluding hydrogens is 352 g/mol. The largest absolute Gasteiger partial charge is 0.411 e. The number of pyridine rings is 2. The van der Waals surface area contributed by atoms with Crippen LogP contribution in [-0.2, 0) is 0 Å². The van der Waals surface area contributed by atoms with Crippen LogP contribution in [-0.4, -0.2) is 30.7 Å². The molecule has 0 aliphatic heterocycles. The van der Waals surface area contributed by atoms with Crippen LogP contribution in [0.2, 0.25) is 0 Å². The Balaban J connectivity index is 1.87. The van der Waals surface area contributed by atoms with Crippen molar-refractivity contribution in [2.45, 2.75) is 13.8 Å². The molecule has 136 valence electrons. The van der Waals surface area contributed by atoms with Crippen LogP contribution in [0.3, 0.4) is 0 Å². The maximum atomic E-state index is 9.64. The van der Waals surface area contributed by atoms with Gasteiger partial charge >= 0.3 is 0 Å². The van der Waals surface area contributed by atoms with E-state index in [1.807, 2.05) is 49.5 Å². The van der Waals surface area contributed by atoms with Crippen molar-refractivity contribution in [3.8, 4) is 23.1 Å². The standard InChI is InChI=1S/C21H16N6O/c1-13-5-3-8-21(23-13)27-12-17-16(11-22)9-15(10-20(17)25-27)19-7-4-6-18(24-19)14(2)26-28/h3-10,12,28H,1-2H3/b26-14+. The molecule has 0 atom stereocenters. The summed E-state index contributed by atoms with van der Waals surface area (Å²) in [6.07, 6.45) is 1.81. The van der Waals surface area contributed by atoms with Crippen LogP contribution in [0.15, 0.2) is 59.9 Å². The van der Waals surface area contributed by atoms with E-state index in [2.05, 4.69) is 26.3 Å². The topological polar surface area (TPSA) is 100.0 Å². The summed E-state index contributed by atoms with van der Waals surface area (Å²) >= 11 is 0. The first kappa shape index (κ1) is 17.4. The van der Waals surface area contributed by atoms with Crippen LogP contribution >= 0.6 is 0 Å². The molecule has 1 N–H and O–H groups in total. The average Bonchev–Trinajstić information content (AvgIpc) is 3.17. The Morgan fingerprint density at radius 2 is 1.96 bits per heavy atom. The predicted octanol–water partition coefficient (Wildman–Crippen LogP) is 3.86. The Kier molecular flexibility index (Phi) is 4.30. The highest BCUT2D eigenvalue weighted by Gasteiger charge is 2.12. The zero-order valence-corrected chi connectivity index (χ0v) is 15.3. The fraction of sp³-hybridized carbons (Fsp3) is 0.0952. The summed E-state index contributed by atoms with van der Waals surface area (Å²) in [6, 6.07) is 17.1. The Bertz CT molecular complexity index is 1270. The summed E-state index contributed by atoms with van der Waals surface area (Å²) in [5, 5.41) is 27.2. The highest BCUT2D eigenvalue weighted by Crippen LogP contribution is 2.27. The molecule has 4 rings (SSSR count). The molecule has 3 heterocycles. The van der Waals surface area contributed by atoms with Gasteiger partial charge in [-0.3, -0.25) is 0 Å². The van der Waals surface area contributed by atoms with Crippen molar-refractivity contribution in [2.75, 3.05) is 0 Å². The van der Waals surface area contributed by atoms with Crippen LogP contribution in [0.1, 0.15) is 23.9 Å². The molecule has 28 heavy (non-hydrogen) atoms. The van der Waals surface area contributed by atoms with E-state index in [1.54, 1.807) is 23.7 Å². The molecule has 0 fully saturated rings. The fourth-order valence-corrected chi connectivity index (χ4v) is 2.99. The average molecular weight is 368 g/mol. The van der Waals surface area contributed by atoms with Gasteiger partial charge in [0.1, 0.15) is 5.71 Å². The van der Waals surface area contributed by atoms with Crippen LogP contribution in [0.5, 0.6) is 0 Å². The molecule has 0 aliphatic carbocycles. The van der Waals surface area contributed by atoms with Gasteiger partial charge in [-0.05, 0) is 50.2 Å². The minimum absolute atomic E-state index is 0.415. The molecule has 0 radical (unpaired) electrons. The molecule has 0 bridgehead atoms. The Hall–Kier alpha value is -4.05. The summed E-state index contributed by atoms with van der Waals surface area (Å²) in [6.45, 7) is 3.59. The SMILES string of the molecule is C/C(=N\O)c1cccc(-c2cc(C#N)c3cn(-c4cccc(C)n4)nc3c2)n1. The minimum atomic E-state index is 0.415. The van der Waals surface area contributed by atoms with Crippen molar-refractivity contribution in [1.29, 1.82) is 5.26 Å². The zero-order chi connectivity index (χ0) is 19.7. The molecule has 0 spiro atoms. The molecule has 0 saturated heterocycles. The Morgan fingerprint density at radius 3 is 2.71 bits per heavy atom. The van der Waals surface area contributed by atoms with Gasteiger partial charge in [0.05, 0.1) is 28.5 Å². The Labute approximate surface area is 161 Å². The van der Waals surface area contributed by atoms with E-state index in [9.17, 15) is 5.26 Å². The first-order valence-corrected chi connectivity index (χ1v) is 8.63. The molecule has 7 heteroatoms. The summed E-state index contributed by atoms with van der Waals surface area (Å²) in [5.74, 6) is 0.691. The fourth-order valence-electron chi connectivity index (χ4n) is 2.99. The van der Waals surface area contributed by atoms with Gasteiger partial charge in [0.15, 0.2) is 5.82 Å². The van der Waals surface area contributed by atoms with Gasteiger partial charge < -0.3 is 5.21 Å². The quantitative estimate of drug-likeness (QED) is 0.336. The minimum Gasteiger partial charge on any atom is -0.411 e. The van der Waals surface area contributed by atoms with Gasteiger partial charge in [-0.15, -0.1) is 0 Å². The number of aryl methyl sites for hydroxylation is 1. The molecule has 0 saturated carbocycles. The summed E-state index contributed by atoms with van der Waals surface area (Å²) < 4.78 is 1.68. The maximum Gasteiger partial charge on any atom is 0.153 e. The van der Waals surface area contributed by atoms with Crippen molar-refractivity contribution in [2.24, 2.45) is 5.16 Å². The second kappa shape index (κ2) is 6.93. The van der Waals surface area contributed by atoms with E-state index >= 15 is 0 Å². The van der Waals surface area contributed by atoms with E-state index in [0.717, 1.165) is 16.6 Å². The van der Waals surface area contributed by atoms with Crippen LogP contribution in [0, 0.1) is 18.3 Å². The molecule has 0 unspecified atom stereocenters.